The van der Waals surface area contributed by atoms with Gasteiger partial charge in [0, 0.05) is 12.8 Å². The highest BCUT2D eigenvalue weighted by Crippen LogP contribution is 2.24. The maximum absolute atomic E-state index is 13.1. The van der Waals surface area contributed by atoms with Crippen LogP contribution in [0.15, 0.2) is 72.9 Å². The zero-order valence-corrected chi connectivity index (χ0v) is 62.6. The lowest BCUT2D eigenvalue weighted by atomic mass is 9.99. The van der Waals surface area contributed by atoms with Crippen LogP contribution in [0.2, 0.25) is 0 Å². The Morgan fingerprint density at radius 2 is 0.729 bits per heavy atom. The van der Waals surface area contributed by atoms with E-state index in [4.69, 9.17) is 14.2 Å². The SMILES string of the molecule is CCC/C=C/CC/C=C/CC/C=C/C(O)C(COC1OC(CO)C(O)C(O)C1O)NC(=O)CCCCCCCCCCCCCCCCCCC/C=C\C/C=C\CCCCCCCCCCCCCCCCCOC(=O)CCCCCCCCC/C=C\CCCCCCCCC. The van der Waals surface area contributed by atoms with E-state index in [2.05, 4.69) is 79.9 Å². The van der Waals surface area contributed by atoms with Crippen molar-refractivity contribution in [1.29, 1.82) is 0 Å². The van der Waals surface area contributed by atoms with Gasteiger partial charge < -0.3 is 45.1 Å². The lowest BCUT2D eigenvalue weighted by Gasteiger charge is -2.40. The summed E-state index contributed by atoms with van der Waals surface area (Å²) in [6.07, 6.45) is 91.1. The molecule has 560 valence electrons. The number of carbonyl (C=O) groups is 2. The largest absolute Gasteiger partial charge is 0.466 e. The van der Waals surface area contributed by atoms with Gasteiger partial charge in [0.1, 0.15) is 24.4 Å². The minimum absolute atomic E-state index is 0.0116. The van der Waals surface area contributed by atoms with Crippen LogP contribution in [0, 0.1) is 0 Å². The van der Waals surface area contributed by atoms with Gasteiger partial charge in [0.15, 0.2) is 6.29 Å². The molecule has 0 aromatic rings. The molecule has 6 N–H and O–H groups in total. The second-order valence-corrected chi connectivity index (χ2v) is 28.4. The van der Waals surface area contributed by atoms with Crippen molar-refractivity contribution < 1.29 is 49.3 Å². The molecule has 0 spiro atoms. The molecule has 1 aliphatic heterocycles. The Bertz CT molecular complexity index is 1830. The highest BCUT2D eigenvalue weighted by molar-refractivity contribution is 5.76. The van der Waals surface area contributed by atoms with E-state index in [9.17, 15) is 35.1 Å². The van der Waals surface area contributed by atoms with Gasteiger partial charge in [0.2, 0.25) is 5.91 Å². The van der Waals surface area contributed by atoms with Crippen molar-refractivity contribution in [2.24, 2.45) is 0 Å². The first-order chi connectivity index (χ1) is 47.2. The maximum Gasteiger partial charge on any atom is 0.305 e. The molecule has 11 nitrogen and oxygen atoms in total. The molecule has 0 bridgehead atoms. The summed E-state index contributed by atoms with van der Waals surface area (Å²) in [6.45, 7) is 4.28. The molecule has 1 saturated heterocycles. The molecule has 0 aliphatic carbocycles. The summed E-state index contributed by atoms with van der Waals surface area (Å²) < 4.78 is 16.7. The summed E-state index contributed by atoms with van der Waals surface area (Å²) in [4.78, 5) is 25.2. The van der Waals surface area contributed by atoms with Gasteiger partial charge in [-0.05, 0) is 109 Å². The molecule has 11 heteroatoms. The number of aliphatic hydroxyl groups is 5. The van der Waals surface area contributed by atoms with E-state index in [-0.39, 0.29) is 18.5 Å². The molecule has 7 atom stereocenters. The van der Waals surface area contributed by atoms with E-state index in [1.165, 1.54) is 283 Å². The standard InChI is InChI=1S/C85H155NO10/c1-3-5-7-9-11-13-15-16-17-18-43-46-49-53-57-61-65-69-73-81(90)94-74-70-66-62-58-54-50-47-44-41-39-37-35-33-31-29-27-25-23-21-19-20-22-24-26-28-30-32-34-36-38-40-42-45-48-52-56-60-64-68-72-80(89)86-77(76-95-85-84(93)83(92)82(91)79(75-87)96-85)78(88)71-67-63-59-55-51-14-12-10-8-6-4-2/h8,10,17-20,23,25,51,55,67,71,77-79,82-85,87-88,91-93H,3-7,9,11-16,21-22,24,26-50,52-54,56-66,68-70,72-76H2,1-2H3,(H,86,89)/b10-8+,18-17-,20-19-,25-23-,55-51+,71-67+. The van der Waals surface area contributed by atoms with Gasteiger partial charge in [0.05, 0.1) is 32.0 Å². The molecule has 1 rings (SSSR count). The fraction of sp³-hybridized carbons (Fsp3) is 0.835. The third kappa shape index (κ3) is 61.0. The van der Waals surface area contributed by atoms with E-state index < -0.39 is 49.5 Å². The van der Waals surface area contributed by atoms with Gasteiger partial charge in [-0.3, -0.25) is 9.59 Å². The Balaban J connectivity index is 1.87. The van der Waals surface area contributed by atoms with Crippen molar-refractivity contribution in [3.05, 3.63) is 72.9 Å². The first kappa shape index (κ1) is 91.1. The summed E-state index contributed by atoms with van der Waals surface area (Å²) in [5, 5.41) is 54.4. The van der Waals surface area contributed by atoms with E-state index >= 15 is 0 Å². The summed E-state index contributed by atoms with van der Waals surface area (Å²) in [5.74, 6) is -0.183. The van der Waals surface area contributed by atoms with E-state index in [0.717, 1.165) is 83.5 Å². The van der Waals surface area contributed by atoms with Crippen LogP contribution in [0.3, 0.4) is 0 Å². The van der Waals surface area contributed by atoms with Gasteiger partial charge in [-0.2, -0.15) is 0 Å². The van der Waals surface area contributed by atoms with Crippen LogP contribution in [-0.2, 0) is 23.8 Å². The number of amides is 1. The Kier molecular flexibility index (Phi) is 69.6. The van der Waals surface area contributed by atoms with Gasteiger partial charge in [-0.25, -0.2) is 0 Å². The van der Waals surface area contributed by atoms with E-state index in [1.807, 2.05) is 6.08 Å². The van der Waals surface area contributed by atoms with Crippen LogP contribution in [0.4, 0.5) is 0 Å². The Morgan fingerprint density at radius 1 is 0.385 bits per heavy atom. The Labute approximate surface area is 591 Å². The maximum atomic E-state index is 13.1. The third-order valence-corrected chi connectivity index (χ3v) is 19.2. The molecule has 1 amide bonds. The average Bonchev–Trinajstić information content (AvgIpc) is 0.855. The number of aliphatic hydroxyl groups excluding tert-OH is 5. The highest BCUT2D eigenvalue weighted by atomic mass is 16.7. The number of hydrogen-bond acceptors (Lipinski definition) is 10. The number of nitrogens with one attached hydrogen (secondary N) is 1. The predicted molar refractivity (Wildman–Crippen MR) is 407 cm³/mol. The van der Waals surface area contributed by atoms with Gasteiger partial charge in [0.25, 0.3) is 0 Å². The molecule has 0 saturated carbocycles. The van der Waals surface area contributed by atoms with Gasteiger partial charge >= 0.3 is 5.97 Å². The monoisotopic (exact) mass is 1350 g/mol. The normalized spacial score (nSPS) is 17.7. The number of ether oxygens (including phenoxy) is 3. The lowest BCUT2D eigenvalue weighted by molar-refractivity contribution is -0.302. The van der Waals surface area contributed by atoms with Crippen molar-refractivity contribution in [3.63, 3.8) is 0 Å². The summed E-state index contributed by atoms with van der Waals surface area (Å²) in [6, 6.07) is -0.833. The summed E-state index contributed by atoms with van der Waals surface area (Å²) in [7, 11) is 0. The highest BCUT2D eigenvalue weighted by Gasteiger charge is 2.44. The third-order valence-electron chi connectivity index (χ3n) is 19.2. The zero-order valence-electron chi connectivity index (χ0n) is 62.6. The van der Waals surface area contributed by atoms with Crippen molar-refractivity contribution in [2.45, 2.75) is 436 Å². The van der Waals surface area contributed by atoms with Crippen LogP contribution < -0.4 is 5.32 Å². The van der Waals surface area contributed by atoms with E-state index in [0.29, 0.717) is 19.4 Å². The number of allylic oxidation sites excluding steroid dienone is 11. The van der Waals surface area contributed by atoms with Crippen LogP contribution in [0.1, 0.15) is 393 Å². The molecular formula is C85H155NO10. The smallest absolute Gasteiger partial charge is 0.305 e. The lowest BCUT2D eigenvalue weighted by Crippen LogP contribution is -2.60. The summed E-state index contributed by atoms with van der Waals surface area (Å²) in [5.41, 5.74) is 0. The fourth-order valence-corrected chi connectivity index (χ4v) is 12.8. The summed E-state index contributed by atoms with van der Waals surface area (Å²) >= 11 is 0. The molecule has 0 aromatic heterocycles. The molecular weight excluding hydrogens is 1190 g/mol. The van der Waals surface area contributed by atoms with E-state index in [1.54, 1.807) is 6.08 Å². The Hall–Kier alpha value is -2.90. The Morgan fingerprint density at radius 3 is 1.14 bits per heavy atom. The first-order valence-corrected chi connectivity index (χ1v) is 41.2. The topological polar surface area (TPSA) is 175 Å². The van der Waals surface area contributed by atoms with Crippen molar-refractivity contribution in [3.8, 4) is 0 Å². The minimum Gasteiger partial charge on any atom is -0.466 e. The number of rotatable bonds is 73. The molecule has 96 heavy (non-hydrogen) atoms. The molecule has 0 radical (unpaired) electrons. The quantitative estimate of drug-likeness (QED) is 0.0195. The first-order valence-electron chi connectivity index (χ1n) is 41.2. The molecule has 1 aliphatic rings. The number of unbranched alkanes of at least 4 members (excludes halogenated alkanes) is 49. The second kappa shape index (κ2) is 73.3. The molecule has 1 heterocycles. The number of esters is 1. The van der Waals surface area contributed by atoms with Crippen LogP contribution in [-0.4, -0.2) is 100 Å². The van der Waals surface area contributed by atoms with Crippen molar-refractivity contribution in [1.82, 2.24) is 5.32 Å². The average molecular weight is 1350 g/mol. The zero-order chi connectivity index (χ0) is 69.4. The second-order valence-electron chi connectivity index (χ2n) is 28.4. The predicted octanol–water partition coefficient (Wildman–Crippen LogP) is 22.6. The van der Waals surface area contributed by atoms with Crippen LogP contribution >= 0.6 is 0 Å². The number of hydrogen-bond donors (Lipinski definition) is 6. The van der Waals surface area contributed by atoms with Crippen molar-refractivity contribution >= 4 is 11.9 Å². The van der Waals surface area contributed by atoms with Crippen LogP contribution in [0.5, 0.6) is 0 Å². The van der Waals surface area contributed by atoms with Crippen molar-refractivity contribution in [2.75, 3.05) is 19.8 Å². The minimum atomic E-state index is -1.58. The fourth-order valence-electron chi connectivity index (χ4n) is 12.8. The van der Waals surface area contributed by atoms with Crippen LogP contribution in [0.25, 0.3) is 0 Å². The molecule has 1 fully saturated rings. The molecule has 0 aromatic carbocycles. The van der Waals surface area contributed by atoms with Gasteiger partial charge in [-0.15, -0.1) is 0 Å². The molecule has 7 unspecified atom stereocenters. The number of carbonyl (C=O) groups excluding carboxylic acids is 2. The van der Waals surface area contributed by atoms with Gasteiger partial charge in [-0.1, -0.05) is 344 Å².